The van der Waals surface area contributed by atoms with Gasteiger partial charge in [-0.25, -0.2) is 4.79 Å². The summed E-state index contributed by atoms with van der Waals surface area (Å²) in [6.07, 6.45) is 1.47. The minimum absolute atomic E-state index is 0.400. The summed E-state index contributed by atoms with van der Waals surface area (Å²) in [6, 6.07) is 10.8. The molecule has 2 aromatic rings. The van der Waals surface area contributed by atoms with E-state index < -0.39 is 0 Å². The van der Waals surface area contributed by atoms with Crippen LogP contribution in [-0.4, -0.2) is 6.08 Å². The molecule has 19 heavy (non-hydrogen) atoms. The van der Waals surface area contributed by atoms with Crippen LogP contribution in [0.4, 0.5) is 5.69 Å². The average Bonchev–Trinajstić information content (AvgIpc) is 2.36. The molecule has 96 valence electrons. The van der Waals surface area contributed by atoms with Crippen molar-refractivity contribution < 1.29 is 9.53 Å². The van der Waals surface area contributed by atoms with Gasteiger partial charge in [-0.3, -0.25) is 0 Å². The predicted molar refractivity (Wildman–Crippen MR) is 75.2 cm³/mol. The predicted octanol–water partition coefficient (Wildman–Crippen LogP) is 4.72. The highest BCUT2D eigenvalue weighted by atomic mass is 35.5. The number of nitrogens with zero attached hydrogens (tertiary/aromatic N) is 1. The van der Waals surface area contributed by atoms with Crippen LogP contribution in [0, 0.1) is 13.8 Å². The number of halogens is 1. The second kappa shape index (κ2) is 5.70. The third kappa shape index (κ3) is 3.22. The fraction of sp³-hybridized carbons (Fsp3) is 0.133. The quantitative estimate of drug-likeness (QED) is 0.600. The highest BCUT2D eigenvalue weighted by Gasteiger charge is 2.06. The number of aryl methyl sites for hydroxylation is 2. The smallest absolute Gasteiger partial charge is 0.240 e. The van der Waals surface area contributed by atoms with Gasteiger partial charge in [0.25, 0.3) is 0 Å². The zero-order chi connectivity index (χ0) is 13.8. The Balaban J connectivity index is 2.30. The van der Waals surface area contributed by atoms with E-state index in [0.717, 1.165) is 11.3 Å². The molecule has 2 rings (SSSR count). The lowest BCUT2D eigenvalue weighted by Gasteiger charge is -2.10. The zero-order valence-electron chi connectivity index (χ0n) is 10.6. The highest BCUT2D eigenvalue weighted by Crippen LogP contribution is 2.33. The molecule has 0 saturated heterocycles. The summed E-state index contributed by atoms with van der Waals surface area (Å²) in [7, 11) is 0. The van der Waals surface area contributed by atoms with Gasteiger partial charge in [0.05, 0.1) is 10.7 Å². The van der Waals surface area contributed by atoms with E-state index in [0.29, 0.717) is 16.5 Å². The molecular formula is C15H12ClNO2. The maximum atomic E-state index is 10.2. The Morgan fingerprint density at radius 1 is 1.11 bits per heavy atom. The van der Waals surface area contributed by atoms with E-state index in [1.165, 1.54) is 11.6 Å². The molecule has 0 amide bonds. The fourth-order valence-electron chi connectivity index (χ4n) is 1.73. The second-order valence-corrected chi connectivity index (χ2v) is 4.60. The van der Waals surface area contributed by atoms with E-state index in [1.54, 1.807) is 18.2 Å². The number of hydrogen-bond donors (Lipinski definition) is 0. The van der Waals surface area contributed by atoms with Crippen LogP contribution < -0.4 is 4.74 Å². The van der Waals surface area contributed by atoms with Crippen molar-refractivity contribution in [2.45, 2.75) is 13.8 Å². The van der Waals surface area contributed by atoms with Crippen molar-refractivity contribution in [1.82, 2.24) is 0 Å². The Morgan fingerprint density at radius 3 is 2.47 bits per heavy atom. The molecule has 0 aliphatic heterocycles. The Morgan fingerprint density at radius 2 is 1.84 bits per heavy atom. The minimum atomic E-state index is 0.400. The van der Waals surface area contributed by atoms with Gasteiger partial charge in [0.1, 0.15) is 11.5 Å². The van der Waals surface area contributed by atoms with Crippen LogP contribution in [0.15, 0.2) is 41.4 Å². The Bertz CT molecular complexity index is 661. The third-order valence-electron chi connectivity index (χ3n) is 2.64. The van der Waals surface area contributed by atoms with Gasteiger partial charge in [0.2, 0.25) is 6.08 Å². The maximum Gasteiger partial charge on any atom is 0.240 e. The van der Waals surface area contributed by atoms with Gasteiger partial charge in [0, 0.05) is 0 Å². The van der Waals surface area contributed by atoms with Crippen LogP contribution in [0.3, 0.4) is 0 Å². The van der Waals surface area contributed by atoms with Gasteiger partial charge < -0.3 is 4.74 Å². The van der Waals surface area contributed by atoms with E-state index in [9.17, 15) is 4.79 Å². The van der Waals surface area contributed by atoms with E-state index >= 15 is 0 Å². The average molecular weight is 274 g/mol. The van der Waals surface area contributed by atoms with E-state index in [-0.39, 0.29) is 0 Å². The molecule has 0 radical (unpaired) electrons. The number of benzene rings is 2. The maximum absolute atomic E-state index is 10.2. The monoisotopic (exact) mass is 273 g/mol. The lowest BCUT2D eigenvalue weighted by Crippen LogP contribution is -1.89. The van der Waals surface area contributed by atoms with Crippen LogP contribution in [-0.2, 0) is 4.79 Å². The molecule has 0 heterocycles. The van der Waals surface area contributed by atoms with Gasteiger partial charge >= 0.3 is 0 Å². The molecule has 0 unspecified atom stereocenters. The topological polar surface area (TPSA) is 38.7 Å². The molecule has 4 heteroatoms. The van der Waals surface area contributed by atoms with Crippen LogP contribution in [0.25, 0.3) is 0 Å². The summed E-state index contributed by atoms with van der Waals surface area (Å²) in [4.78, 5) is 13.7. The fourth-order valence-corrected chi connectivity index (χ4v) is 1.94. The lowest BCUT2D eigenvalue weighted by atomic mass is 10.1. The molecule has 3 nitrogen and oxygen atoms in total. The first-order valence-corrected chi connectivity index (χ1v) is 6.10. The first-order valence-electron chi connectivity index (χ1n) is 5.72. The van der Waals surface area contributed by atoms with Gasteiger partial charge in [-0.15, -0.1) is 0 Å². The van der Waals surface area contributed by atoms with Crippen LogP contribution in [0.1, 0.15) is 11.1 Å². The van der Waals surface area contributed by atoms with Gasteiger partial charge in [-0.2, -0.15) is 4.99 Å². The van der Waals surface area contributed by atoms with Crippen molar-refractivity contribution in [3.8, 4) is 11.5 Å². The molecule has 0 atom stereocenters. The van der Waals surface area contributed by atoms with Crippen molar-refractivity contribution in [2.75, 3.05) is 0 Å². The van der Waals surface area contributed by atoms with E-state index in [4.69, 9.17) is 16.3 Å². The first kappa shape index (κ1) is 13.3. The third-order valence-corrected chi connectivity index (χ3v) is 2.94. The van der Waals surface area contributed by atoms with Crippen molar-refractivity contribution in [3.63, 3.8) is 0 Å². The standard InChI is InChI=1S/C15H12ClNO2/c1-10-3-5-14(11(2)7-10)19-15-6-4-12(17-9-18)8-13(15)16/h3-8H,1-2H3. The first-order chi connectivity index (χ1) is 9.10. The molecule has 0 aliphatic carbocycles. The van der Waals surface area contributed by atoms with Gasteiger partial charge in [0.15, 0.2) is 0 Å². The summed E-state index contributed by atoms with van der Waals surface area (Å²) in [5, 5.41) is 0.400. The van der Waals surface area contributed by atoms with E-state index in [1.807, 2.05) is 32.0 Å². The summed E-state index contributed by atoms with van der Waals surface area (Å²) in [6.45, 7) is 4.00. The highest BCUT2D eigenvalue weighted by molar-refractivity contribution is 6.32. The molecule has 0 saturated carbocycles. The lowest BCUT2D eigenvalue weighted by molar-refractivity contribution is 0.479. The SMILES string of the molecule is Cc1ccc(Oc2ccc(N=C=O)cc2Cl)c(C)c1. The van der Waals surface area contributed by atoms with Crippen LogP contribution in [0.5, 0.6) is 11.5 Å². The van der Waals surface area contributed by atoms with Crippen molar-refractivity contribution in [2.24, 2.45) is 4.99 Å². The number of hydrogen-bond acceptors (Lipinski definition) is 3. The van der Waals surface area contributed by atoms with Gasteiger partial charge in [-0.1, -0.05) is 29.3 Å². The molecule has 0 aliphatic rings. The number of rotatable bonds is 3. The normalized spacial score (nSPS) is 9.84. The largest absolute Gasteiger partial charge is 0.456 e. The van der Waals surface area contributed by atoms with Crippen molar-refractivity contribution in [1.29, 1.82) is 0 Å². The molecule has 0 spiro atoms. The summed E-state index contributed by atoms with van der Waals surface area (Å²) >= 11 is 6.08. The minimum Gasteiger partial charge on any atom is -0.456 e. The molecule has 2 aromatic carbocycles. The van der Waals surface area contributed by atoms with Crippen molar-refractivity contribution in [3.05, 3.63) is 52.5 Å². The number of isocyanates is 1. The molecule has 0 aromatic heterocycles. The summed E-state index contributed by atoms with van der Waals surface area (Å²) in [5.41, 5.74) is 2.66. The second-order valence-electron chi connectivity index (χ2n) is 4.19. The Hall–Kier alpha value is -2.09. The molecule has 0 bridgehead atoms. The Labute approximate surface area is 116 Å². The Kier molecular flexibility index (Phi) is 4.00. The van der Waals surface area contributed by atoms with Crippen molar-refractivity contribution >= 4 is 23.4 Å². The summed E-state index contributed by atoms with van der Waals surface area (Å²) in [5.74, 6) is 1.28. The van der Waals surface area contributed by atoms with E-state index in [2.05, 4.69) is 4.99 Å². The zero-order valence-corrected chi connectivity index (χ0v) is 11.4. The molecule has 0 fully saturated rings. The molecule has 0 N–H and O–H groups in total. The van der Waals surface area contributed by atoms with Gasteiger partial charge in [-0.05, 0) is 43.7 Å². The van der Waals surface area contributed by atoms with Crippen LogP contribution >= 0.6 is 11.6 Å². The number of ether oxygens (including phenoxy) is 1. The number of carbonyl (C=O) groups excluding carboxylic acids is 1. The molecular weight excluding hydrogens is 262 g/mol. The number of aliphatic imine (C=N–C) groups is 1. The van der Waals surface area contributed by atoms with Crippen LogP contribution in [0.2, 0.25) is 5.02 Å². The summed E-state index contributed by atoms with van der Waals surface area (Å²) < 4.78 is 5.76.